The van der Waals surface area contributed by atoms with Crippen LogP contribution in [-0.2, 0) is 6.54 Å². The van der Waals surface area contributed by atoms with Gasteiger partial charge in [-0.15, -0.1) is 0 Å². The van der Waals surface area contributed by atoms with Gasteiger partial charge < -0.3 is 11.1 Å². The normalized spacial score (nSPS) is 9.20. The molecule has 0 aromatic carbocycles. The van der Waals surface area contributed by atoms with Crippen LogP contribution in [0.2, 0.25) is 0 Å². The molecule has 0 fully saturated rings. The number of amides is 2. The second-order valence-corrected chi connectivity index (χ2v) is 1.82. The lowest BCUT2D eigenvalue weighted by Gasteiger charge is -1.95. The number of nitrogens with zero attached hydrogens (tertiary/aromatic N) is 1. The van der Waals surface area contributed by atoms with Crippen LogP contribution in [0.25, 0.3) is 0 Å². The van der Waals surface area contributed by atoms with Gasteiger partial charge in [0.05, 0.1) is 6.20 Å². The minimum Gasteiger partial charge on any atom is -0.352 e. The molecule has 0 aliphatic carbocycles. The minimum absolute atomic E-state index is 0.422. The van der Waals surface area contributed by atoms with Crippen molar-refractivity contribution in [1.29, 1.82) is 0 Å². The molecule has 0 aliphatic heterocycles. The molecule has 0 aliphatic rings. The quantitative estimate of drug-likeness (QED) is 0.521. The van der Waals surface area contributed by atoms with E-state index in [1.807, 2.05) is 0 Å². The molecule has 1 heterocycles. The van der Waals surface area contributed by atoms with Crippen LogP contribution in [0.1, 0.15) is 5.56 Å². The molecule has 1 aromatic rings. The maximum absolute atomic E-state index is 10.2. The second-order valence-electron chi connectivity index (χ2n) is 1.82. The van der Waals surface area contributed by atoms with E-state index in [9.17, 15) is 4.79 Å². The van der Waals surface area contributed by atoms with Gasteiger partial charge in [-0.05, 0) is 0 Å². The summed E-state index contributed by atoms with van der Waals surface area (Å²) in [5.41, 5.74) is 5.73. The minimum atomic E-state index is -0.527. The second kappa shape index (κ2) is 2.86. The fourth-order valence-corrected chi connectivity index (χ4v) is 0.563. The third-order valence-electron chi connectivity index (χ3n) is 1.02. The molecule has 0 saturated heterocycles. The molecule has 10 heavy (non-hydrogen) atoms. The SMILES string of the molecule is NC(=O)NCc1cn[nH]c1. The smallest absolute Gasteiger partial charge is 0.312 e. The van der Waals surface area contributed by atoms with Crippen molar-refractivity contribution >= 4 is 6.03 Å². The molecule has 0 radical (unpaired) electrons. The maximum Gasteiger partial charge on any atom is 0.312 e. The van der Waals surface area contributed by atoms with Crippen LogP contribution in [0.15, 0.2) is 12.4 Å². The van der Waals surface area contributed by atoms with Crippen molar-refractivity contribution in [3.05, 3.63) is 18.0 Å². The Morgan fingerprint density at radius 3 is 3.20 bits per heavy atom. The van der Waals surface area contributed by atoms with E-state index in [-0.39, 0.29) is 0 Å². The first kappa shape index (κ1) is 6.60. The predicted octanol–water partition coefficient (Wildman–Crippen LogP) is -0.422. The van der Waals surface area contributed by atoms with Gasteiger partial charge in [0.15, 0.2) is 0 Å². The third-order valence-corrected chi connectivity index (χ3v) is 1.02. The third kappa shape index (κ3) is 1.77. The van der Waals surface area contributed by atoms with E-state index in [1.54, 1.807) is 12.4 Å². The molecule has 5 nitrogen and oxygen atoms in total. The molecule has 1 aromatic heterocycles. The number of nitrogens with one attached hydrogen (secondary N) is 2. The number of rotatable bonds is 2. The Morgan fingerprint density at radius 2 is 2.70 bits per heavy atom. The summed E-state index contributed by atoms with van der Waals surface area (Å²) in [4.78, 5) is 10.2. The standard InChI is InChI=1S/C5H8N4O/c6-5(10)7-1-4-2-8-9-3-4/h2-3H,1H2,(H,8,9)(H3,6,7,10). The van der Waals surface area contributed by atoms with Crippen LogP contribution in [0.3, 0.4) is 0 Å². The highest BCUT2D eigenvalue weighted by molar-refractivity contribution is 5.71. The summed E-state index contributed by atoms with van der Waals surface area (Å²) in [6.45, 7) is 0.422. The summed E-state index contributed by atoms with van der Waals surface area (Å²) in [5.74, 6) is 0. The van der Waals surface area contributed by atoms with Crippen molar-refractivity contribution in [2.24, 2.45) is 5.73 Å². The molecular weight excluding hydrogens is 132 g/mol. The average Bonchev–Trinajstić information content (AvgIpc) is 2.34. The van der Waals surface area contributed by atoms with Crippen molar-refractivity contribution < 1.29 is 4.79 Å². The Labute approximate surface area is 57.6 Å². The highest BCUT2D eigenvalue weighted by Crippen LogP contribution is 1.90. The summed E-state index contributed by atoms with van der Waals surface area (Å²) in [6.07, 6.45) is 3.31. The number of hydrogen-bond donors (Lipinski definition) is 3. The van der Waals surface area contributed by atoms with E-state index in [4.69, 9.17) is 5.73 Å². The molecule has 0 spiro atoms. The summed E-state index contributed by atoms with van der Waals surface area (Å²) < 4.78 is 0. The molecule has 0 bridgehead atoms. The van der Waals surface area contributed by atoms with E-state index < -0.39 is 6.03 Å². The van der Waals surface area contributed by atoms with Gasteiger partial charge in [0.2, 0.25) is 0 Å². The van der Waals surface area contributed by atoms with Gasteiger partial charge in [-0.25, -0.2) is 4.79 Å². The van der Waals surface area contributed by atoms with Gasteiger partial charge in [-0.2, -0.15) is 5.10 Å². The molecule has 4 N–H and O–H groups in total. The van der Waals surface area contributed by atoms with Crippen LogP contribution in [-0.4, -0.2) is 16.2 Å². The molecule has 0 atom stereocenters. The highest BCUT2D eigenvalue weighted by Gasteiger charge is 1.93. The Kier molecular flexibility index (Phi) is 1.89. The molecule has 54 valence electrons. The van der Waals surface area contributed by atoms with E-state index in [2.05, 4.69) is 15.5 Å². The van der Waals surface area contributed by atoms with Gasteiger partial charge in [-0.3, -0.25) is 5.10 Å². The van der Waals surface area contributed by atoms with Crippen molar-refractivity contribution in [1.82, 2.24) is 15.5 Å². The number of primary amides is 1. The molecule has 0 saturated carbocycles. The van der Waals surface area contributed by atoms with Crippen molar-refractivity contribution in [3.63, 3.8) is 0 Å². The number of carbonyl (C=O) groups excluding carboxylic acids is 1. The fraction of sp³-hybridized carbons (Fsp3) is 0.200. The monoisotopic (exact) mass is 140 g/mol. The van der Waals surface area contributed by atoms with Gasteiger partial charge >= 0.3 is 6.03 Å². The lowest BCUT2D eigenvalue weighted by Crippen LogP contribution is -2.28. The fourth-order valence-electron chi connectivity index (χ4n) is 0.563. The summed E-state index contributed by atoms with van der Waals surface area (Å²) in [7, 11) is 0. The van der Waals surface area contributed by atoms with Crippen molar-refractivity contribution in [3.8, 4) is 0 Å². The molecule has 5 heteroatoms. The molecular formula is C5H8N4O. The largest absolute Gasteiger partial charge is 0.352 e. The van der Waals surface area contributed by atoms with Crippen LogP contribution < -0.4 is 11.1 Å². The van der Waals surface area contributed by atoms with E-state index in [1.165, 1.54) is 0 Å². The number of carbonyl (C=O) groups is 1. The molecule has 0 unspecified atom stereocenters. The molecule has 2 amide bonds. The van der Waals surface area contributed by atoms with Crippen molar-refractivity contribution in [2.45, 2.75) is 6.54 Å². The van der Waals surface area contributed by atoms with Gasteiger partial charge in [0, 0.05) is 18.3 Å². The van der Waals surface area contributed by atoms with E-state index >= 15 is 0 Å². The van der Waals surface area contributed by atoms with Gasteiger partial charge in [-0.1, -0.05) is 0 Å². The topological polar surface area (TPSA) is 83.8 Å². The van der Waals surface area contributed by atoms with Gasteiger partial charge in [0.1, 0.15) is 0 Å². The summed E-state index contributed by atoms with van der Waals surface area (Å²) >= 11 is 0. The number of nitrogens with two attached hydrogens (primary N) is 1. The average molecular weight is 140 g/mol. The zero-order valence-electron chi connectivity index (χ0n) is 5.29. The number of hydrogen-bond acceptors (Lipinski definition) is 2. The summed E-state index contributed by atoms with van der Waals surface area (Å²) in [5, 5.41) is 8.72. The van der Waals surface area contributed by atoms with Crippen LogP contribution in [0.5, 0.6) is 0 Å². The Balaban J connectivity index is 2.35. The first-order valence-corrected chi connectivity index (χ1v) is 2.80. The lowest BCUT2D eigenvalue weighted by molar-refractivity contribution is 0.248. The van der Waals surface area contributed by atoms with E-state index in [0.717, 1.165) is 5.56 Å². The summed E-state index contributed by atoms with van der Waals surface area (Å²) in [6, 6.07) is -0.527. The first-order chi connectivity index (χ1) is 4.79. The number of aromatic nitrogens is 2. The number of H-pyrrole nitrogens is 1. The Hall–Kier alpha value is -1.52. The maximum atomic E-state index is 10.2. The molecule has 1 rings (SSSR count). The zero-order valence-corrected chi connectivity index (χ0v) is 5.29. The first-order valence-electron chi connectivity index (χ1n) is 2.80. The predicted molar refractivity (Wildman–Crippen MR) is 35.0 cm³/mol. The highest BCUT2D eigenvalue weighted by atomic mass is 16.2. The number of urea groups is 1. The van der Waals surface area contributed by atoms with Crippen LogP contribution in [0, 0.1) is 0 Å². The van der Waals surface area contributed by atoms with Crippen LogP contribution >= 0.6 is 0 Å². The van der Waals surface area contributed by atoms with Crippen LogP contribution in [0.4, 0.5) is 4.79 Å². The zero-order chi connectivity index (χ0) is 7.40. The number of aromatic amines is 1. The van der Waals surface area contributed by atoms with Crippen molar-refractivity contribution in [2.75, 3.05) is 0 Å². The Bertz CT molecular complexity index is 205. The lowest BCUT2D eigenvalue weighted by atomic mass is 10.4. The van der Waals surface area contributed by atoms with Gasteiger partial charge in [0.25, 0.3) is 0 Å². The Morgan fingerprint density at radius 1 is 1.90 bits per heavy atom. The van der Waals surface area contributed by atoms with E-state index in [0.29, 0.717) is 6.54 Å².